The van der Waals surface area contributed by atoms with E-state index in [-0.39, 0.29) is 23.5 Å². The van der Waals surface area contributed by atoms with Crippen LogP contribution in [0.15, 0.2) is 15.8 Å². The fourth-order valence-electron chi connectivity index (χ4n) is 3.71. The molecule has 0 aliphatic carbocycles. The molecule has 31 heavy (non-hydrogen) atoms. The van der Waals surface area contributed by atoms with Crippen LogP contribution in [0.1, 0.15) is 57.9 Å². The minimum Gasteiger partial charge on any atom is -0.394 e. The molecule has 178 valence electrons. The molecule has 1 saturated heterocycles. The Bertz CT molecular complexity index is 848. The molecule has 6 N–H and O–H groups in total. The van der Waals surface area contributed by atoms with Crippen molar-refractivity contribution >= 4 is 0 Å². The monoisotopic (exact) mass is 449 g/mol. The number of nitrogens with one attached hydrogen (secondary N) is 1. The molecule has 2 rings (SSSR count). The van der Waals surface area contributed by atoms with E-state index in [4.69, 9.17) is 4.74 Å². The van der Waals surface area contributed by atoms with E-state index in [2.05, 4.69) is 0 Å². The van der Waals surface area contributed by atoms with Crippen molar-refractivity contribution in [2.75, 3.05) is 6.61 Å². The van der Waals surface area contributed by atoms with Crippen LogP contribution in [0.3, 0.4) is 0 Å². The molecule has 1 aliphatic heterocycles. The van der Waals surface area contributed by atoms with Crippen molar-refractivity contribution in [2.45, 2.75) is 88.9 Å². The van der Waals surface area contributed by atoms with Gasteiger partial charge < -0.3 is 30.4 Å². The molecule has 0 radical (unpaired) electrons. The summed E-state index contributed by atoms with van der Waals surface area (Å²) in [6.45, 7) is 2.68. The zero-order valence-electron chi connectivity index (χ0n) is 17.7. The lowest BCUT2D eigenvalue weighted by atomic mass is 9.99. The van der Waals surface area contributed by atoms with Crippen LogP contribution >= 0.6 is 0 Å². The maximum Gasteiger partial charge on any atom is 0.332 e. The molecule has 0 aromatic carbocycles. The number of aliphatic hydroxyl groups excluding tert-OH is 2. The molecule has 0 amide bonds. The number of halogens is 1. The molecule has 1 aromatic heterocycles. The van der Waals surface area contributed by atoms with Gasteiger partial charge in [0, 0.05) is 11.8 Å². The van der Waals surface area contributed by atoms with Gasteiger partial charge in [-0.1, -0.05) is 39.5 Å². The summed E-state index contributed by atoms with van der Waals surface area (Å²) in [6.07, 6.45) is -1.54. The van der Waals surface area contributed by atoms with Gasteiger partial charge in [-0.05, 0) is 19.3 Å². The van der Waals surface area contributed by atoms with Crippen molar-refractivity contribution in [1.29, 1.82) is 0 Å². The molecule has 2 heterocycles. The average Bonchev–Trinajstić information content (AvgIpc) is 2.94. The lowest BCUT2D eigenvalue weighted by Gasteiger charge is -2.43. The number of aryl methyl sites for hydroxylation is 1. The number of aliphatic hydroxyl groups is 4. The molecule has 0 saturated carbocycles. The number of aromatic amines is 1. The zero-order chi connectivity index (χ0) is 23.4. The molecular weight excluding hydrogens is 417 g/mol. The van der Waals surface area contributed by atoms with Gasteiger partial charge in [0.25, 0.3) is 5.56 Å². The number of ether oxygens (including phenoxy) is 1. The van der Waals surface area contributed by atoms with Crippen LogP contribution in [-0.4, -0.2) is 71.1 Å². The summed E-state index contributed by atoms with van der Waals surface area (Å²) in [5, 5.41) is 52.4. The van der Waals surface area contributed by atoms with Crippen LogP contribution in [0.4, 0.5) is 4.39 Å². The Labute approximate surface area is 178 Å². The molecule has 12 heteroatoms. The molecule has 0 bridgehead atoms. The topological polar surface area (TPSA) is 168 Å². The van der Waals surface area contributed by atoms with Crippen LogP contribution in [0.5, 0.6) is 0 Å². The van der Waals surface area contributed by atoms with Gasteiger partial charge in [-0.25, -0.2) is 13.8 Å². The number of rotatable bonds is 11. The fourth-order valence-corrected chi connectivity index (χ4v) is 3.71. The first-order valence-electron chi connectivity index (χ1n) is 10.5. The summed E-state index contributed by atoms with van der Waals surface area (Å²) in [7, 11) is 0. The molecule has 11 nitrogen and oxygen atoms in total. The minimum absolute atomic E-state index is 0.0122. The van der Waals surface area contributed by atoms with Gasteiger partial charge in [0.05, 0.1) is 6.61 Å². The van der Waals surface area contributed by atoms with Crippen molar-refractivity contribution in [3.8, 4) is 0 Å². The Hall–Kier alpha value is -1.67. The van der Waals surface area contributed by atoms with Crippen LogP contribution in [0, 0.1) is 0 Å². The van der Waals surface area contributed by atoms with Crippen molar-refractivity contribution < 1.29 is 34.8 Å². The third kappa shape index (κ3) is 4.60. The summed E-state index contributed by atoms with van der Waals surface area (Å²) in [5.41, 5.74) is -5.25. The molecule has 5 atom stereocenters. The van der Waals surface area contributed by atoms with Crippen molar-refractivity contribution in [3.05, 3.63) is 32.6 Å². The molecule has 1 fully saturated rings. The second-order valence-corrected chi connectivity index (χ2v) is 7.74. The lowest BCUT2D eigenvalue weighted by Crippen LogP contribution is -2.69. The van der Waals surface area contributed by atoms with Gasteiger partial charge >= 0.3 is 11.6 Å². The summed E-state index contributed by atoms with van der Waals surface area (Å²) >= 11 is 0. The highest BCUT2D eigenvalue weighted by molar-refractivity contribution is 5.10. The third-order valence-electron chi connectivity index (χ3n) is 5.62. The van der Waals surface area contributed by atoms with E-state index in [1.54, 1.807) is 6.92 Å². The van der Waals surface area contributed by atoms with E-state index in [0.29, 0.717) is 17.4 Å². The summed E-state index contributed by atoms with van der Waals surface area (Å²) in [4.78, 5) is 26.2. The highest BCUT2D eigenvalue weighted by Gasteiger charge is 2.71. The van der Waals surface area contributed by atoms with E-state index in [1.165, 1.54) is 0 Å². The number of hydrogen-bond acceptors (Lipinski definition) is 9. The van der Waals surface area contributed by atoms with Crippen molar-refractivity contribution in [2.24, 2.45) is 0 Å². The molecular formula is C19H32FN3O8. The first-order valence-corrected chi connectivity index (χ1v) is 10.5. The first-order chi connectivity index (χ1) is 14.6. The summed E-state index contributed by atoms with van der Waals surface area (Å²) in [5.74, 6) is -3.23. The van der Waals surface area contributed by atoms with Crippen LogP contribution in [0.2, 0.25) is 0 Å². The number of hydroxylamine groups is 2. The Morgan fingerprint density at radius 3 is 2.48 bits per heavy atom. The molecule has 1 aliphatic rings. The van der Waals surface area contributed by atoms with Crippen molar-refractivity contribution in [3.63, 3.8) is 0 Å². The first kappa shape index (κ1) is 25.6. The second-order valence-electron chi connectivity index (χ2n) is 7.74. The Morgan fingerprint density at radius 2 is 1.90 bits per heavy atom. The predicted octanol–water partition coefficient (Wildman–Crippen LogP) is -0.510. The van der Waals surface area contributed by atoms with Crippen molar-refractivity contribution in [1.82, 2.24) is 14.6 Å². The number of nitrogens with zero attached hydrogens (tertiary/aromatic N) is 2. The number of aromatic nitrogens is 2. The smallest absolute Gasteiger partial charge is 0.332 e. The number of alkyl halides is 1. The third-order valence-corrected chi connectivity index (χ3v) is 5.62. The lowest BCUT2D eigenvalue weighted by molar-refractivity contribution is -0.428. The van der Waals surface area contributed by atoms with Gasteiger partial charge in [-0.2, -0.15) is 0 Å². The highest BCUT2D eigenvalue weighted by atomic mass is 19.1. The van der Waals surface area contributed by atoms with E-state index in [0.717, 1.165) is 25.5 Å². The van der Waals surface area contributed by atoms with Crippen LogP contribution in [0.25, 0.3) is 0 Å². The van der Waals surface area contributed by atoms with Gasteiger partial charge in [-0.3, -0.25) is 9.78 Å². The number of H-pyrrole nitrogens is 1. The second kappa shape index (κ2) is 10.3. The van der Waals surface area contributed by atoms with Crippen LogP contribution in [-0.2, 0) is 17.1 Å². The minimum atomic E-state index is -3.28. The Kier molecular flexibility index (Phi) is 8.50. The number of unbranched alkanes of at least 4 members (excludes halogenated alkanes) is 4. The predicted molar refractivity (Wildman–Crippen MR) is 106 cm³/mol. The maximum absolute atomic E-state index is 14.8. The van der Waals surface area contributed by atoms with E-state index in [9.17, 15) is 39.6 Å². The van der Waals surface area contributed by atoms with E-state index < -0.39 is 48.0 Å². The fraction of sp³-hybridized carbons (Fsp3) is 0.789. The zero-order valence-corrected chi connectivity index (χ0v) is 17.7. The standard InChI is InChI=1S/C19H32FN3O8/c1-3-5-6-7-8-9-14(20)23(30)18(28)15(25)13(11-24)31-19(18,29)22-10-12(4-2)16(26)21-17(22)27/h10,13-15,24-25,28-30H,3-9,11H2,1-2H3,(H,21,26,27)/t13-,14?,15-,18-,19+/m1/s1. The Morgan fingerprint density at radius 1 is 1.26 bits per heavy atom. The quantitative estimate of drug-likeness (QED) is 0.113. The summed E-state index contributed by atoms with van der Waals surface area (Å²) in [6, 6.07) is 0. The average molecular weight is 449 g/mol. The number of hydrogen-bond donors (Lipinski definition) is 6. The highest BCUT2D eigenvalue weighted by Crippen LogP contribution is 2.44. The van der Waals surface area contributed by atoms with Crippen LogP contribution < -0.4 is 11.2 Å². The molecule has 1 unspecified atom stereocenters. The van der Waals surface area contributed by atoms with E-state index >= 15 is 0 Å². The summed E-state index contributed by atoms with van der Waals surface area (Å²) < 4.78 is 20.3. The van der Waals surface area contributed by atoms with E-state index in [1.807, 2.05) is 11.9 Å². The van der Waals surface area contributed by atoms with Gasteiger partial charge in [0.2, 0.25) is 5.72 Å². The van der Waals surface area contributed by atoms with Gasteiger partial charge in [-0.15, -0.1) is 5.06 Å². The Balaban J connectivity index is 2.44. The molecule has 0 spiro atoms. The molecule has 1 aromatic rings. The van der Waals surface area contributed by atoms with Gasteiger partial charge in [0.15, 0.2) is 6.30 Å². The largest absolute Gasteiger partial charge is 0.394 e. The van der Waals surface area contributed by atoms with Gasteiger partial charge in [0.1, 0.15) is 12.2 Å². The normalized spacial score (nSPS) is 29.6. The maximum atomic E-state index is 14.8. The SMILES string of the molecule is CCCCCCCC(F)N(O)[C@@]1(O)[C@H](O)[C@@H](CO)O[C@]1(O)n1cc(CC)c(=O)[nH]c1=O.